The molecule has 0 radical (unpaired) electrons. The number of rotatable bonds is 6. The molecule has 0 amide bonds. The van der Waals surface area contributed by atoms with E-state index >= 15 is 0 Å². The van der Waals surface area contributed by atoms with E-state index in [0.717, 1.165) is 11.5 Å². The Bertz CT molecular complexity index is 632. The van der Waals surface area contributed by atoms with Crippen molar-refractivity contribution in [2.24, 2.45) is 0 Å². The van der Waals surface area contributed by atoms with E-state index < -0.39 is 0 Å². The molecule has 0 aliphatic carbocycles. The number of hydrogen-bond acceptors (Lipinski definition) is 2. The van der Waals surface area contributed by atoms with Crippen molar-refractivity contribution in [1.29, 1.82) is 0 Å². The SMILES string of the molecule is C=C(C)C(=O)Oc1ccc(C[S+](C)Cc2ccccc2)cc1. The van der Waals surface area contributed by atoms with Crippen molar-refractivity contribution in [1.82, 2.24) is 0 Å². The highest BCUT2D eigenvalue weighted by molar-refractivity contribution is 7.94. The maximum Gasteiger partial charge on any atom is 0.338 e. The zero-order chi connectivity index (χ0) is 15.9. The topological polar surface area (TPSA) is 26.3 Å². The fourth-order valence-corrected chi connectivity index (χ4v) is 3.67. The lowest BCUT2D eigenvalue weighted by molar-refractivity contribution is -0.130. The van der Waals surface area contributed by atoms with Gasteiger partial charge < -0.3 is 4.74 Å². The Morgan fingerprint density at radius 3 is 2.09 bits per heavy atom. The highest BCUT2D eigenvalue weighted by Crippen LogP contribution is 2.17. The summed E-state index contributed by atoms with van der Waals surface area (Å²) in [5, 5.41) is 0. The fourth-order valence-electron chi connectivity index (χ4n) is 2.04. The van der Waals surface area contributed by atoms with Crippen LogP contribution in [-0.4, -0.2) is 12.2 Å². The van der Waals surface area contributed by atoms with Crippen LogP contribution in [0.1, 0.15) is 18.1 Å². The van der Waals surface area contributed by atoms with Crippen molar-refractivity contribution < 1.29 is 9.53 Å². The molecule has 0 heterocycles. The smallest absolute Gasteiger partial charge is 0.338 e. The second-order valence-corrected chi connectivity index (χ2v) is 7.51. The van der Waals surface area contributed by atoms with E-state index in [1.165, 1.54) is 11.1 Å². The van der Waals surface area contributed by atoms with Gasteiger partial charge in [0.25, 0.3) is 0 Å². The Labute approximate surface area is 135 Å². The summed E-state index contributed by atoms with van der Waals surface area (Å²) < 4.78 is 5.20. The fraction of sp³-hybridized carbons (Fsp3) is 0.211. The van der Waals surface area contributed by atoms with Crippen LogP contribution in [-0.2, 0) is 27.2 Å². The number of carbonyl (C=O) groups is 1. The van der Waals surface area contributed by atoms with Crippen LogP contribution in [0.4, 0.5) is 0 Å². The molecule has 0 fully saturated rings. The first-order chi connectivity index (χ1) is 10.5. The molecule has 22 heavy (non-hydrogen) atoms. The molecule has 0 aromatic heterocycles. The predicted octanol–water partition coefficient (Wildman–Crippen LogP) is 4.12. The van der Waals surface area contributed by atoms with Gasteiger partial charge in [0, 0.05) is 16.7 Å². The third-order valence-corrected chi connectivity index (χ3v) is 4.80. The van der Waals surface area contributed by atoms with Crippen molar-refractivity contribution in [2.45, 2.75) is 18.4 Å². The Kier molecular flexibility index (Phi) is 5.84. The number of ether oxygens (including phenoxy) is 1. The van der Waals surface area contributed by atoms with Gasteiger partial charge in [0.15, 0.2) is 0 Å². The van der Waals surface area contributed by atoms with Crippen molar-refractivity contribution >= 4 is 16.9 Å². The molecule has 3 heteroatoms. The summed E-state index contributed by atoms with van der Waals surface area (Å²) in [6.07, 6.45) is 2.28. The molecular formula is C19H21O2S+. The summed E-state index contributed by atoms with van der Waals surface area (Å²) in [5.41, 5.74) is 3.04. The molecule has 114 valence electrons. The van der Waals surface area contributed by atoms with Crippen LogP contribution in [0.3, 0.4) is 0 Å². The van der Waals surface area contributed by atoms with Gasteiger partial charge >= 0.3 is 5.97 Å². The van der Waals surface area contributed by atoms with E-state index in [9.17, 15) is 4.79 Å². The zero-order valence-electron chi connectivity index (χ0n) is 13.0. The first-order valence-electron chi connectivity index (χ1n) is 7.14. The Morgan fingerprint density at radius 2 is 1.55 bits per heavy atom. The number of esters is 1. The highest BCUT2D eigenvalue weighted by atomic mass is 32.2. The van der Waals surface area contributed by atoms with Crippen LogP contribution in [0.5, 0.6) is 5.75 Å². The Hall–Kier alpha value is -2.00. The maximum atomic E-state index is 11.5. The lowest BCUT2D eigenvalue weighted by atomic mass is 10.2. The van der Waals surface area contributed by atoms with Gasteiger partial charge in [-0.2, -0.15) is 0 Å². The van der Waals surface area contributed by atoms with Crippen LogP contribution in [0, 0.1) is 0 Å². The molecule has 0 spiro atoms. The summed E-state index contributed by atoms with van der Waals surface area (Å²) in [7, 11) is 0.281. The second kappa shape index (κ2) is 7.85. The molecule has 2 aromatic rings. The van der Waals surface area contributed by atoms with Crippen molar-refractivity contribution in [3.05, 3.63) is 77.9 Å². The van der Waals surface area contributed by atoms with Crippen LogP contribution < -0.4 is 4.74 Å². The van der Waals surface area contributed by atoms with E-state index in [4.69, 9.17) is 4.74 Å². The monoisotopic (exact) mass is 313 g/mol. The minimum atomic E-state index is -0.382. The molecule has 0 saturated carbocycles. The minimum Gasteiger partial charge on any atom is -0.423 e. The third kappa shape index (κ3) is 5.08. The summed E-state index contributed by atoms with van der Waals surface area (Å²) in [4.78, 5) is 11.5. The third-order valence-electron chi connectivity index (χ3n) is 3.15. The largest absolute Gasteiger partial charge is 0.423 e. The number of benzene rings is 2. The van der Waals surface area contributed by atoms with E-state index in [0.29, 0.717) is 11.3 Å². The van der Waals surface area contributed by atoms with E-state index in [1.54, 1.807) is 6.92 Å². The van der Waals surface area contributed by atoms with Crippen LogP contribution >= 0.6 is 0 Å². The van der Waals surface area contributed by atoms with Crippen molar-refractivity contribution in [2.75, 3.05) is 6.26 Å². The number of carbonyl (C=O) groups excluding carboxylic acids is 1. The molecule has 1 unspecified atom stereocenters. The van der Waals surface area contributed by atoms with Gasteiger partial charge in [0.2, 0.25) is 0 Å². The molecule has 2 rings (SSSR count). The second-order valence-electron chi connectivity index (χ2n) is 5.37. The van der Waals surface area contributed by atoms with E-state index in [-0.39, 0.29) is 16.9 Å². The molecule has 0 saturated heterocycles. The normalized spacial score (nSPS) is 11.7. The Morgan fingerprint density at radius 1 is 1.00 bits per heavy atom. The summed E-state index contributed by atoms with van der Waals surface area (Å²) >= 11 is 0. The molecule has 0 N–H and O–H groups in total. The van der Waals surface area contributed by atoms with Gasteiger partial charge in [0.05, 0.1) is 6.26 Å². The van der Waals surface area contributed by atoms with Crippen LogP contribution in [0.15, 0.2) is 66.7 Å². The molecule has 0 aliphatic rings. The minimum absolute atomic E-state index is 0.281. The molecule has 2 nitrogen and oxygen atoms in total. The van der Waals surface area contributed by atoms with Gasteiger partial charge in [-0.05, 0) is 30.0 Å². The Balaban J connectivity index is 1.90. The quantitative estimate of drug-likeness (QED) is 0.347. The molecular weight excluding hydrogens is 292 g/mol. The molecule has 0 bridgehead atoms. The summed E-state index contributed by atoms with van der Waals surface area (Å²) in [6, 6.07) is 18.3. The molecule has 2 aromatic carbocycles. The van der Waals surface area contributed by atoms with Crippen molar-refractivity contribution in [3.63, 3.8) is 0 Å². The standard InChI is InChI=1S/C19H21O2S/c1-15(2)19(20)21-18-11-9-17(10-12-18)14-22(3)13-16-7-5-4-6-8-16/h4-12H,1,13-14H2,2-3H3/q+1. The zero-order valence-corrected chi connectivity index (χ0v) is 13.9. The van der Waals surface area contributed by atoms with Gasteiger partial charge in [0.1, 0.15) is 17.3 Å². The number of hydrogen-bond donors (Lipinski definition) is 0. The van der Waals surface area contributed by atoms with Gasteiger partial charge in [-0.1, -0.05) is 49.0 Å². The van der Waals surface area contributed by atoms with Crippen LogP contribution in [0.2, 0.25) is 0 Å². The van der Waals surface area contributed by atoms with Gasteiger partial charge in [-0.15, -0.1) is 0 Å². The lowest BCUT2D eigenvalue weighted by Crippen LogP contribution is -2.09. The first-order valence-corrected chi connectivity index (χ1v) is 9.11. The van der Waals surface area contributed by atoms with Crippen molar-refractivity contribution in [3.8, 4) is 5.75 Å². The maximum absolute atomic E-state index is 11.5. The van der Waals surface area contributed by atoms with Gasteiger partial charge in [-0.25, -0.2) is 4.79 Å². The first kappa shape index (κ1) is 16.4. The summed E-state index contributed by atoms with van der Waals surface area (Å²) in [5.74, 6) is 2.31. The van der Waals surface area contributed by atoms with Crippen LogP contribution in [0.25, 0.3) is 0 Å². The average molecular weight is 313 g/mol. The molecule has 1 atom stereocenters. The average Bonchev–Trinajstić information content (AvgIpc) is 2.50. The molecule has 0 aliphatic heterocycles. The lowest BCUT2D eigenvalue weighted by Gasteiger charge is -2.06. The van der Waals surface area contributed by atoms with E-state index in [2.05, 4.69) is 37.1 Å². The van der Waals surface area contributed by atoms with Gasteiger partial charge in [-0.3, -0.25) is 0 Å². The predicted molar refractivity (Wildman–Crippen MR) is 94.0 cm³/mol. The van der Waals surface area contributed by atoms with E-state index in [1.807, 2.05) is 30.3 Å². The summed E-state index contributed by atoms with van der Waals surface area (Å²) in [6.45, 7) is 5.22. The highest BCUT2D eigenvalue weighted by Gasteiger charge is 2.13.